The molecule has 2 rings (SSSR count). The molecule has 0 aliphatic heterocycles. The van der Waals surface area contributed by atoms with Crippen LogP contribution >= 0.6 is 11.6 Å². The Morgan fingerprint density at radius 3 is 2.78 bits per heavy atom. The number of halogens is 1. The van der Waals surface area contributed by atoms with Gasteiger partial charge in [0.1, 0.15) is 5.15 Å². The molecule has 0 atom stereocenters. The summed E-state index contributed by atoms with van der Waals surface area (Å²) in [4.78, 5) is 15.7. The topological polar surface area (TPSA) is 88.2 Å². The molecule has 4 N–H and O–H groups in total. The first kappa shape index (κ1) is 12.2. The number of pyridine rings is 1. The Morgan fingerprint density at radius 2 is 2.11 bits per heavy atom. The minimum absolute atomic E-state index is 0.102. The Hall–Kier alpha value is -2.27. The molecule has 0 radical (unpaired) electrons. The highest BCUT2D eigenvalue weighted by atomic mass is 35.5. The van der Waals surface area contributed by atoms with E-state index in [4.69, 9.17) is 17.3 Å². The molecular formula is C12H10ClN3O2. The number of nitrogens with one attached hydrogen (secondary N) is 1. The van der Waals surface area contributed by atoms with E-state index >= 15 is 0 Å². The summed E-state index contributed by atoms with van der Waals surface area (Å²) >= 11 is 5.63. The molecule has 6 heteroatoms. The minimum atomic E-state index is -0.469. The number of nitrogen functional groups attached to an aromatic ring is 1. The van der Waals surface area contributed by atoms with E-state index in [-0.39, 0.29) is 17.0 Å². The van der Waals surface area contributed by atoms with Crippen molar-refractivity contribution < 1.29 is 9.90 Å². The number of phenolic OH excluding ortho intramolecular Hbond substituents is 1. The maximum absolute atomic E-state index is 11.9. The van der Waals surface area contributed by atoms with Gasteiger partial charge >= 0.3 is 0 Å². The summed E-state index contributed by atoms with van der Waals surface area (Å²) in [5, 5.41) is 12.6. The highest BCUT2D eigenvalue weighted by Crippen LogP contribution is 2.25. The van der Waals surface area contributed by atoms with Crippen LogP contribution in [0.15, 0.2) is 36.5 Å². The number of para-hydroxylation sites is 1. The Labute approximate surface area is 108 Å². The lowest BCUT2D eigenvalue weighted by atomic mass is 10.1. The fourth-order valence-electron chi connectivity index (χ4n) is 1.39. The summed E-state index contributed by atoms with van der Waals surface area (Å²) in [6, 6.07) is 7.73. The van der Waals surface area contributed by atoms with Crippen LogP contribution in [0.5, 0.6) is 5.75 Å². The molecule has 0 aliphatic rings. The zero-order chi connectivity index (χ0) is 13.1. The van der Waals surface area contributed by atoms with Crippen molar-refractivity contribution in [1.29, 1.82) is 0 Å². The van der Waals surface area contributed by atoms with Gasteiger partial charge in [0.05, 0.1) is 23.1 Å². The van der Waals surface area contributed by atoms with Gasteiger partial charge in [-0.3, -0.25) is 4.79 Å². The molecule has 18 heavy (non-hydrogen) atoms. The highest BCUT2D eigenvalue weighted by molar-refractivity contribution is 6.29. The molecule has 1 aromatic heterocycles. The molecule has 0 spiro atoms. The number of carbonyl (C=O) groups is 1. The Bertz CT molecular complexity index is 584. The second-order valence-corrected chi connectivity index (χ2v) is 3.95. The number of rotatable bonds is 2. The van der Waals surface area contributed by atoms with Crippen molar-refractivity contribution in [3.63, 3.8) is 0 Å². The number of anilines is 2. The highest BCUT2D eigenvalue weighted by Gasteiger charge is 2.13. The number of nitrogens with zero attached hydrogens (tertiary/aromatic N) is 1. The van der Waals surface area contributed by atoms with Gasteiger partial charge in [-0.2, -0.15) is 0 Å². The van der Waals surface area contributed by atoms with Gasteiger partial charge in [0.2, 0.25) is 0 Å². The fourth-order valence-corrected chi connectivity index (χ4v) is 1.50. The average molecular weight is 264 g/mol. The molecule has 1 heterocycles. The van der Waals surface area contributed by atoms with Gasteiger partial charge in [-0.25, -0.2) is 4.98 Å². The second-order valence-electron chi connectivity index (χ2n) is 3.57. The Balaban J connectivity index is 2.22. The average Bonchev–Trinajstić information content (AvgIpc) is 2.35. The van der Waals surface area contributed by atoms with Gasteiger partial charge in [0, 0.05) is 0 Å². The van der Waals surface area contributed by atoms with E-state index in [9.17, 15) is 9.90 Å². The van der Waals surface area contributed by atoms with Crippen LogP contribution in [0, 0.1) is 0 Å². The van der Waals surface area contributed by atoms with Gasteiger partial charge in [0.15, 0.2) is 5.75 Å². The first-order chi connectivity index (χ1) is 8.58. The van der Waals surface area contributed by atoms with Crippen molar-refractivity contribution in [2.75, 3.05) is 11.1 Å². The lowest BCUT2D eigenvalue weighted by Crippen LogP contribution is -2.12. The van der Waals surface area contributed by atoms with Crippen molar-refractivity contribution in [2.45, 2.75) is 0 Å². The molecule has 92 valence electrons. The number of aromatic hydroxyl groups is 1. The maximum atomic E-state index is 11.9. The van der Waals surface area contributed by atoms with Crippen LogP contribution in [0.25, 0.3) is 0 Å². The van der Waals surface area contributed by atoms with E-state index in [2.05, 4.69) is 10.3 Å². The summed E-state index contributed by atoms with van der Waals surface area (Å²) in [6.45, 7) is 0. The van der Waals surface area contributed by atoms with E-state index < -0.39 is 5.91 Å². The monoisotopic (exact) mass is 263 g/mol. The summed E-state index contributed by atoms with van der Waals surface area (Å²) in [6.07, 6.45) is 1.42. The standard InChI is InChI=1S/C12H10ClN3O2/c13-10-5-4-7(6-15-10)16-12(18)8-2-1-3-9(14)11(8)17/h1-6,17H,14H2,(H,16,18). The minimum Gasteiger partial charge on any atom is -0.505 e. The van der Waals surface area contributed by atoms with Gasteiger partial charge in [-0.05, 0) is 24.3 Å². The third-order valence-electron chi connectivity index (χ3n) is 2.30. The van der Waals surface area contributed by atoms with Gasteiger partial charge in [-0.15, -0.1) is 0 Å². The van der Waals surface area contributed by atoms with E-state index in [0.29, 0.717) is 10.8 Å². The number of hydrogen-bond acceptors (Lipinski definition) is 4. The first-order valence-electron chi connectivity index (χ1n) is 5.08. The molecule has 0 saturated carbocycles. The zero-order valence-corrected chi connectivity index (χ0v) is 9.98. The summed E-state index contributed by atoms with van der Waals surface area (Å²) in [5.41, 5.74) is 6.24. The predicted molar refractivity (Wildman–Crippen MR) is 69.7 cm³/mol. The molecule has 0 unspecified atom stereocenters. The lowest BCUT2D eigenvalue weighted by molar-refractivity contribution is 0.102. The van der Waals surface area contributed by atoms with Crippen LogP contribution in [0.4, 0.5) is 11.4 Å². The van der Waals surface area contributed by atoms with E-state index in [1.165, 1.54) is 18.3 Å². The van der Waals surface area contributed by atoms with Crippen molar-refractivity contribution in [3.05, 3.63) is 47.2 Å². The summed E-state index contributed by atoms with van der Waals surface area (Å²) < 4.78 is 0. The molecule has 0 bridgehead atoms. The van der Waals surface area contributed by atoms with Crippen LogP contribution in [0.2, 0.25) is 5.15 Å². The number of benzene rings is 1. The number of carbonyl (C=O) groups excluding carboxylic acids is 1. The van der Waals surface area contributed by atoms with Crippen molar-refractivity contribution in [3.8, 4) is 5.75 Å². The quantitative estimate of drug-likeness (QED) is 0.441. The first-order valence-corrected chi connectivity index (χ1v) is 5.46. The van der Waals surface area contributed by atoms with Gasteiger partial charge < -0.3 is 16.2 Å². The molecule has 5 nitrogen and oxygen atoms in total. The van der Waals surface area contributed by atoms with Crippen LogP contribution in [-0.2, 0) is 0 Å². The number of nitrogens with two attached hydrogens (primary N) is 1. The van der Waals surface area contributed by atoms with E-state index in [1.807, 2.05) is 0 Å². The van der Waals surface area contributed by atoms with Crippen LogP contribution < -0.4 is 11.1 Å². The van der Waals surface area contributed by atoms with E-state index in [0.717, 1.165) is 0 Å². The van der Waals surface area contributed by atoms with Crippen LogP contribution in [0.1, 0.15) is 10.4 Å². The molecule has 1 aromatic carbocycles. The number of phenols is 1. The molecule has 0 fully saturated rings. The Kier molecular flexibility index (Phi) is 3.34. The third kappa shape index (κ3) is 2.52. The largest absolute Gasteiger partial charge is 0.505 e. The molecule has 0 aliphatic carbocycles. The summed E-state index contributed by atoms with van der Waals surface area (Å²) in [5.74, 6) is -0.708. The second kappa shape index (κ2) is 4.93. The number of amides is 1. The van der Waals surface area contributed by atoms with Gasteiger partial charge in [-0.1, -0.05) is 17.7 Å². The number of aromatic nitrogens is 1. The van der Waals surface area contributed by atoms with E-state index in [1.54, 1.807) is 18.2 Å². The maximum Gasteiger partial charge on any atom is 0.259 e. The van der Waals surface area contributed by atoms with Gasteiger partial charge in [0.25, 0.3) is 5.91 Å². The van der Waals surface area contributed by atoms with Crippen molar-refractivity contribution >= 4 is 28.9 Å². The SMILES string of the molecule is Nc1cccc(C(=O)Nc2ccc(Cl)nc2)c1O. The molecule has 1 amide bonds. The van der Waals surface area contributed by atoms with Crippen molar-refractivity contribution in [2.24, 2.45) is 0 Å². The lowest BCUT2D eigenvalue weighted by Gasteiger charge is -2.07. The molecular weight excluding hydrogens is 254 g/mol. The zero-order valence-electron chi connectivity index (χ0n) is 9.22. The Morgan fingerprint density at radius 1 is 1.33 bits per heavy atom. The third-order valence-corrected chi connectivity index (χ3v) is 2.52. The molecule has 0 saturated heterocycles. The normalized spacial score (nSPS) is 10.1. The van der Waals surface area contributed by atoms with Crippen LogP contribution in [0.3, 0.4) is 0 Å². The smallest absolute Gasteiger partial charge is 0.259 e. The molecule has 2 aromatic rings. The fraction of sp³-hybridized carbons (Fsp3) is 0. The van der Waals surface area contributed by atoms with Crippen molar-refractivity contribution in [1.82, 2.24) is 4.98 Å². The predicted octanol–water partition coefficient (Wildman–Crippen LogP) is 2.28. The summed E-state index contributed by atoms with van der Waals surface area (Å²) in [7, 11) is 0. The number of hydrogen-bond donors (Lipinski definition) is 3. The van der Waals surface area contributed by atoms with Crippen LogP contribution in [-0.4, -0.2) is 16.0 Å².